The average Bonchev–Trinajstić information content (AvgIpc) is 2.36. The van der Waals surface area contributed by atoms with E-state index in [4.69, 9.17) is 9.47 Å². The molecule has 0 aliphatic heterocycles. The number of hydrogen-bond acceptors (Lipinski definition) is 5. The summed E-state index contributed by atoms with van der Waals surface area (Å²) in [6.45, 7) is 0.901. The normalized spacial score (nSPS) is 10.7. The summed E-state index contributed by atoms with van der Waals surface area (Å²) in [6.07, 6.45) is 1.38. The number of rotatable bonds is 4. The van der Waals surface area contributed by atoms with Crippen LogP contribution < -0.4 is 10.3 Å². The molecule has 0 N–H and O–H groups in total. The SMILES string of the molecule is COCCn1c(=O)ccc2c(OC)ncnc21. The topological polar surface area (TPSA) is 66.2 Å². The number of aromatic nitrogens is 3. The lowest BCUT2D eigenvalue weighted by Crippen LogP contribution is -2.22. The molecule has 2 rings (SSSR count). The number of methoxy groups -OCH3 is 2. The number of fused-ring (bicyclic) bond motifs is 1. The highest BCUT2D eigenvalue weighted by molar-refractivity contribution is 5.80. The summed E-state index contributed by atoms with van der Waals surface area (Å²) in [5.41, 5.74) is 0.441. The van der Waals surface area contributed by atoms with Crippen LogP contribution in [-0.2, 0) is 11.3 Å². The molecule has 6 heteroatoms. The van der Waals surface area contributed by atoms with Crippen molar-refractivity contribution >= 4 is 11.0 Å². The van der Waals surface area contributed by atoms with Gasteiger partial charge in [-0.1, -0.05) is 0 Å². The summed E-state index contributed by atoms with van der Waals surface area (Å²) < 4.78 is 11.6. The molecule has 0 aliphatic carbocycles. The van der Waals surface area contributed by atoms with E-state index in [0.29, 0.717) is 30.1 Å². The van der Waals surface area contributed by atoms with E-state index < -0.39 is 0 Å². The van der Waals surface area contributed by atoms with E-state index >= 15 is 0 Å². The Morgan fingerprint density at radius 1 is 1.29 bits per heavy atom. The van der Waals surface area contributed by atoms with Gasteiger partial charge in [0.05, 0.1) is 25.6 Å². The van der Waals surface area contributed by atoms with E-state index in [9.17, 15) is 4.79 Å². The molecule has 0 unspecified atom stereocenters. The Morgan fingerprint density at radius 2 is 2.12 bits per heavy atom. The molecule has 2 aromatic heterocycles. The van der Waals surface area contributed by atoms with Crippen LogP contribution >= 0.6 is 0 Å². The van der Waals surface area contributed by atoms with E-state index in [1.54, 1.807) is 17.7 Å². The first-order chi connectivity index (χ1) is 8.27. The third-order valence-electron chi connectivity index (χ3n) is 2.45. The van der Waals surface area contributed by atoms with Crippen molar-refractivity contribution < 1.29 is 9.47 Å². The Balaban J connectivity index is 2.64. The summed E-state index contributed by atoms with van der Waals surface area (Å²) in [5, 5.41) is 0.714. The monoisotopic (exact) mass is 235 g/mol. The Kier molecular flexibility index (Phi) is 3.34. The molecule has 0 amide bonds. The number of pyridine rings is 1. The van der Waals surface area contributed by atoms with Gasteiger partial charge in [-0.3, -0.25) is 9.36 Å². The first kappa shape index (κ1) is 11.5. The molecule has 0 aromatic carbocycles. The molecule has 0 saturated heterocycles. The molecule has 0 radical (unpaired) electrons. The van der Waals surface area contributed by atoms with E-state index in [2.05, 4.69) is 9.97 Å². The van der Waals surface area contributed by atoms with Gasteiger partial charge in [0.2, 0.25) is 5.88 Å². The van der Waals surface area contributed by atoms with Gasteiger partial charge >= 0.3 is 0 Å². The van der Waals surface area contributed by atoms with Crippen molar-refractivity contribution in [2.45, 2.75) is 6.54 Å². The lowest BCUT2D eigenvalue weighted by Gasteiger charge is -2.09. The van der Waals surface area contributed by atoms with Crippen molar-refractivity contribution in [2.24, 2.45) is 0 Å². The first-order valence-corrected chi connectivity index (χ1v) is 5.15. The molecular weight excluding hydrogens is 222 g/mol. The predicted molar refractivity (Wildman–Crippen MR) is 62.2 cm³/mol. The molecule has 0 aliphatic rings. The minimum absolute atomic E-state index is 0.115. The minimum Gasteiger partial charge on any atom is -0.480 e. The van der Waals surface area contributed by atoms with Gasteiger partial charge in [-0.25, -0.2) is 9.97 Å². The maximum absolute atomic E-state index is 11.7. The largest absolute Gasteiger partial charge is 0.480 e. The highest BCUT2D eigenvalue weighted by atomic mass is 16.5. The lowest BCUT2D eigenvalue weighted by atomic mass is 10.3. The van der Waals surface area contributed by atoms with Gasteiger partial charge in [0.15, 0.2) is 0 Å². The lowest BCUT2D eigenvalue weighted by molar-refractivity contribution is 0.187. The van der Waals surface area contributed by atoms with Crippen molar-refractivity contribution in [3.8, 4) is 5.88 Å². The molecule has 90 valence electrons. The molecular formula is C11H13N3O3. The van der Waals surface area contributed by atoms with Gasteiger partial charge in [0.25, 0.3) is 5.56 Å². The van der Waals surface area contributed by atoms with Crippen molar-refractivity contribution in [1.82, 2.24) is 14.5 Å². The van der Waals surface area contributed by atoms with Gasteiger partial charge in [0.1, 0.15) is 12.0 Å². The second kappa shape index (κ2) is 4.92. The van der Waals surface area contributed by atoms with E-state index in [0.717, 1.165) is 0 Å². The van der Waals surface area contributed by atoms with Crippen LogP contribution in [0.3, 0.4) is 0 Å². The van der Waals surface area contributed by atoms with Crippen LogP contribution in [0, 0.1) is 0 Å². The summed E-state index contributed by atoms with van der Waals surface area (Å²) in [6, 6.07) is 3.14. The van der Waals surface area contributed by atoms with Crippen molar-refractivity contribution in [2.75, 3.05) is 20.8 Å². The number of ether oxygens (including phenoxy) is 2. The molecule has 0 fully saturated rings. The molecule has 2 heterocycles. The van der Waals surface area contributed by atoms with Crippen molar-refractivity contribution in [1.29, 1.82) is 0 Å². The van der Waals surface area contributed by atoms with Gasteiger partial charge in [-0.15, -0.1) is 0 Å². The third kappa shape index (κ3) is 2.12. The van der Waals surface area contributed by atoms with E-state index in [1.165, 1.54) is 19.5 Å². The van der Waals surface area contributed by atoms with Crippen LogP contribution in [0.1, 0.15) is 0 Å². The van der Waals surface area contributed by atoms with Crippen LogP contribution in [0.2, 0.25) is 0 Å². The van der Waals surface area contributed by atoms with Gasteiger partial charge < -0.3 is 9.47 Å². The summed E-state index contributed by atoms with van der Waals surface area (Å²) >= 11 is 0. The second-order valence-corrected chi connectivity index (χ2v) is 3.44. The Hall–Kier alpha value is -1.95. The summed E-state index contributed by atoms with van der Waals surface area (Å²) in [7, 11) is 3.12. The third-order valence-corrected chi connectivity index (χ3v) is 2.45. The predicted octanol–water partition coefficient (Wildman–Crippen LogP) is 0.446. The van der Waals surface area contributed by atoms with Crippen LogP contribution in [0.15, 0.2) is 23.3 Å². The van der Waals surface area contributed by atoms with E-state index in [1.807, 2.05) is 0 Å². The zero-order valence-corrected chi connectivity index (χ0v) is 9.71. The van der Waals surface area contributed by atoms with Gasteiger partial charge in [-0.05, 0) is 6.07 Å². The molecule has 0 spiro atoms. The number of hydrogen-bond donors (Lipinski definition) is 0. The van der Waals surface area contributed by atoms with Crippen LogP contribution in [-0.4, -0.2) is 35.4 Å². The zero-order chi connectivity index (χ0) is 12.3. The maximum Gasteiger partial charge on any atom is 0.252 e. The molecule has 0 atom stereocenters. The average molecular weight is 235 g/mol. The zero-order valence-electron chi connectivity index (χ0n) is 9.71. The summed E-state index contributed by atoms with van der Waals surface area (Å²) in [4.78, 5) is 19.9. The fraction of sp³-hybridized carbons (Fsp3) is 0.364. The highest BCUT2D eigenvalue weighted by Gasteiger charge is 2.08. The standard InChI is InChI=1S/C11H13N3O3/c1-16-6-5-14-9(15)4-3-8-10(14)12-7-13-11(8)17-2/h3-4,7H,5-6H2,1-2H3. The molecule has 0 saturated carbocycles. The fourth-order valence-electron chi connectivity index (χ4n) is 1.64. The van der Waals surface area contributed by atoms with E-state index in [-0.39, 0.29) is 5.56 Å². The summed E-state index contributed by atoms with van der Waals surface area (Å²) in [5.74, 6) is 0.459. The smallest absolute Gasteiger partial charge is 0.252 e. The fourth-order valence-corrected chi connectivity index (χ4v) is 1.64. The van der Waals surface area contributed by atoms with Gasteiger partial charge in [0, 0.05) is 13.2 Å². The minimum atomic E-state index is -0.115. The molecule has 17 heavy (non-hydrogen) atoms. The van der Waals surface area contributed by atoms with Crippen LogP contribution in [0.5, 0.6) is 5.88 Å². The quantitative estimate of drug-likeness (QED) is 0.769. The van der Waals surface area contributed by atoms with Gasteiger partial charge in [-0.2, -0.15) is 0 Å². The Morgan fingerprint density at radius 3 is 2.82 bits per heavy atom. The molecule has 2 aromatic rings. The second-order valence-electron chi connectivity index (χ2n) is 3.44. The van der Waals surface area contributed by atoms with Crippen molar-refractivity contribution in [3.05, 3.63) is 28.8 Å². The Bertz CT molecular complexity index is 580. The Labute approximate surface area is 97.8 Å². The van der Waals surface area contributed by atoms with Crippen molar-refractivity contribution in [3.63, 3.8) is 0 Å². The highest BCUT2D eigenvalue weighted by Crippen LogP contribution is 2.18. The molecule has 0 bridgehead atoms. The number of nitrogens with zero attached hydrogens (tertiary/aromatic N) is 3. The van der Waals surface area contributed by atoms with Crippen LogP contribution in [0.25, 0.3) is 11.0 Å². The van der Waals surface area contributed by atoms with Crippen LogP contribution in [0.4, 0.5) is 0 Å². The first-order valence-electron chi connectivity index (χ1n) is 5.15. The maximum atomic E-state index is 11.7. The molecule has 6 nitrogen and oxygen atoms in total.